The molecule has 0 spiro atoms. The Morgan fingerprint density at radius 2 is 2.35 bits per heavy atom. The molecule has 104 valence electrons. The van der Waals surface area contributed by atoms with Gasteiger partial charge in [0, 0.05) is 30.7 Å². The summed E-state index contributed by atoms with van der Waals surface area (Å²) in [6, 6.07) is 1.47. The van der Waals surface area contributed by atoms with Crippen molar-refractivity contribution >= 4 is 5.82 Å². The summed E-state index contributed by atoms with van der Waals surface area (Å²) in [5, 5.41) is 0. The summed E-state index contributed by atoms with van der Waals surface area (Å²) >= 11 is 0. The number of ether oxygens (including phenoxy) is 1. The smallest absolute Gasteiger partial charge is 0.251 e. The molecule has 0 radical (unpaired) electrons. The summed E-state index contributed by atoms with van der Waals surface area (Å²) in [7, 11) is 0. The maximum absolute atomic E-state index is 11.5. The number of nitrogens with one attached hydrogen (secondary N) is 1. The number of morpholine rings is 1. The van der Waals surface area contributed by atoms with Gasteiger partial charge < -0.3 is 14.6 Å². The summed E-state index contributed by atoms with van der Waals surface area (Å²) < 4.78 is 5.70. The van der Waals surface area contributed by atoms with Crippen LogP contribution < -0.4 is 10.5 Å². The number of hydrogen-bond donors (Lipinski definition) is 1. The van der Waals surface area contributed by atoms with E-state index in [9.17, 15) is 4.79 Å². The van der Waals surface area contributed by atoms with E-state index < -0.39 is 0 Å². The molecule has 0 aromatic carbocycles. The quantitative estimate of drug-likeness (QED) is 0.855. The number of hydrogen-bond acceptors (Lipinski definition) is 6. The van der Waals surface area contributed by atoms with E-state index in [1.807, 2.05) is 0 Å². The Morgan fingerprint density at radius 3 is 3.10 bits per heavy atom. The van der Waals surface area contributed by atoms with Gasteiger partial charge in [-0.15, -0.1) is 0 Å². The molecule has 0 aliphatic carbocycles. The first kappa shape index (κ1) is 12.7. The average Bonchev–Trinajstić information content (AvgIpc) is 2.47. The fraction of sp³-hybridized carbons (Fsp3) is 0.385. The van der Waals surface area contributed by atoms with Crippen LogP contribution in [0.2, 0.25) is 0 Å². The van der Waals surface area contributed by atoms with Gasteiger partial charge in [0.2, 0.25) is 0 Å². The van der Waals surface area contributed by atoms with Gasteiger partial charge in [0.05, 0.1) is 19.3 Å². The van der Waals surface area contributed by atoms with Gasteiger partial charge in [-0.3, -0.25) is 9.78 Å². The van der Waals surface area contributed by atoms with E-state index in [-0.39, 0.29) is 11.7 Å². The monoisotopic (exact) mass is 273 g/mol. The van der Waals surface area contributed by atoms with Gasteiger partial charge in [-0.2, -0.15) is 0 Å². The van der Waals surface area contributed by atoms with Gasteiger partial charge in [-0.1, -0.05) is 0 Å². The molecular weight excluding hydrogens is 258 g/mol. The minimum absolute atomic E-state index is 0.160. The van der Waals surface area contributed by atoms with Crippen LogP contribution in [0.25, 0.3) is 0 Å². The van der Waals surface area contributed by atoms with Crippen molar-refractivity contribution in [2.45, 2.75) is 13.0 Å². The molecule has 1 fully saturated rings. The van der Waals surface area contributed by atoms with Crippen molar-refractivity contribution < 1.29 is 4.74 Å². The van der Waals surface area contributed by atoms with Crippen LogP contribution in [0.1, 0.15) is 17.6 Å². The molecule has 7 heteroatoms. The normalized spacial score (nSPS) is 19.1. The second-order valence-electron chi connectivity index (χ2n) is 4.64. The minimum Gasteiger partial charge on any atom is -0.367 e. The molecule has 0 amide bonds. The highest BCUT2D eigenvalue weighted by Crippen LogP contribution is 2.21. The second kappa shape index (κ2) is 5.38. The van der Waals surface area contributed by atoms with Gasteiger partial charge in [-0.25, -0.2) is 9.97 Å². The molecule has 7 nitrogen and oxygen atoms in total. The minimum atomic E-state index is -0.265. The first-order valence-electron chi connectivity index (χ1n) is 6.43. The zero-order valence-electron chi connectivity index (χ0n) is 11.1. The summed E-state index contributed by atoms with van der Waals surface area (Å²) in [6.45, 7) is 3.68. The lowest BCUT2D eigenvalue weighted by Crippen LogP contribution is -2.40. The van der Waals surface area contributed by atoms with Crippen molar-refractivity contribution in [3.63, 3.8) is 0 Å². The maximum Gasteiger partial charge on any atom is 0.251 e. The zero-order valence-corrected chi connectivity index (χ0v) is 11.1. The Morgan fingerprint density at radius 1 is 1.45 bits per heavy atom. The van der Waals surface area contributed by atoms with Crippen LogP contribution >= 0.6 is 0 Å². The van der Waals surface area contributed by atoms with Gasteiger partial charge in [-0.05, 0) is 6.92 Å². The zero-order chi connectivity index (χ0) is 13.9. The van der Waals surface area contributed by atoms with Crippen LogP contribution in [0.4, 0.5) is 5.82 Å². The van der Waals surface area contributed by atoms with Crippen LogP contribution in [0.3, 0.4) is 0 Å². The van der Waals surface area contributed by atoms with Crippen molar-refractivity contribution in [1.82, 2.24) is 19.9 Å². The number of nitrogens with zero attached hydrogens (tertiary/aromatic N) is 4. The third-order valence-electron chi connectivity index (χ3n) is 3.13. The number of anilines is 1. The Labute approximate surface area is 115 Å². The molecule has 20 heavy (non-hydrogen) atoms. The Kier molecular flexibility index (Phi) is 3.42. The van der Waals surface area contributed by atoms with E-state index in [0.29, 0.717) is 24.7 Å². The highest BCUT2D eigenvalue weighted by Gasteiger charge is 2.24. The molecular formula is C13H15N5O2. The molecule has 3 rings (SSSR count). The van der Waals surface area contributed by atoms with E-state index in [1.165, 1.54) is 6.07 Å². The first-order chi connectivity index (χ1) is 9.72. The van der Waals surface area contributed by atoms with E-state index in [2.05, 4.69) is 24.8 Å². The average molecular weight is 273 g/mol. The second-order valence-corrected chi connectivity index (χ2v) is 4.64. The van der Waals surface area contributed by atoms with Crippen LogP contribution in [0, 0.1) is 6.92 Å². The maximum atomic E-state index is 11.5. The number of aromatic amines is 1. The Bertz CT molecular complexity index is 643. The first-order valence-corrected chi connectivity index (χ1v) is 6.43. The van der Waals surface area contributed by atoms with E-state index in [0.717, 1.165) is 12.4 Å². The number of rotatable bonds is 2. The van der Waals surface area contributed by atoms with Crippen molar-refractivity contribution in [3.8, 4) is 0 Å². The molecule has 1 saturated heterocycles. The molecule has 0 saturated carbocycles. The molecule has 1 atom stereocenters. The summed E-state index contributed by atoms with van der Waals surface area (Å²) in [5.41, 5.74) is 0.525. The van der Waals surface area contributed by atoms with Crippen molar-refractivity contribution in [3.05, 3.63) is 46.5 Å². The van der Waals surface area contributed by atoms with Gasteiger partial charge in [0.25, 0.3) is 5.56 Å². The lowest BCUT2D eigenvalue weighted by atomic mass is 10.2. The summed E-state index contributed by atoms with van der Waals surface area (Å²) in [4.78, 5) is 29.0. The standard InChI is InChI=1S/C13H15N5O2/c1-9-6-12(19)17-13(16-9)10-8-18(4-5-20-10)11-7-14-2-3-15-11/h2-3,6-7,10H,4-5,8H2,1H3,(H,16,17,19)/t10-/m0/s1. The van der Waals surface area contributed by atoms with Crippen molar-refractivity contribution in [2.24, 2.45) is 0 Å². The van der Waals surface area contributed by atoms with Crippen LogP contribution in [-0.2, 0) is 4.74 Å². The van der Waals surface area contributed by atoms with Crippen molar-refractivity contribution in [2.75, 3.05) is 24.6 Å². The number of aryl methyl sites for hydroxylation is 1. The molecule has 0 bridgehead atoms. The van der Waals surface area contributed by atoms with Crippen LogP contribution in [-0.4, -0.2) is 39.6 Å². The van der Waals surface area contributed by atoms with E-state index >= 15 is 0 Å². The van der Waals surface area contributed by atoms with Crippen molar-refractivity contribution in [1.29, 1.82) is 0 Å². The van der Waals surface area contributed by atoms with E-state index in [4.69, 9.17) is 4.74 Å². The SMILES string of the molecule is Cc1cc(=O)[nH]c([C@@H]2CN(c3cnccn3)CCO2)n1. The fourth-order valence-electron chi connectivity index (χ4n) is 2.23. The molecule has 2 aromatic rings. The predicted molar refractivity (Wildman–Crippen MR) is 72.5 cm³/mol. The number of H-pyrrole nitrogens is 1. The Balaban J connectivity index is 1.83. The lowest BCUT2D eigenvalue weighted by molar-refractivity contribution is 0.0335. The molecule has 0 unspecified atom stereocenters. The number of aromatic nitrogens is 4. The molecule has 1 aliphatic rings. The molecule has 1 aliphatic heterocycles. The Hall–Kier alpha value is -2.28. The van der Waals surface area contributed by atoms with Crippen LogP contribution in [0.5, 0.6) is 0 Å². The highest BCUT2D eigenvalue weighted by atomic mass is 16.5. The molecule has 1 N–H and O–H groups in total. The van der Waals surface area contributed by atoms with Crippen LogP contribution in [0.15, 0.2) is 29.5 Å². The predicted octanol–water partition coefficient (Wildman–Crippen LogP) is 0.446. The van der Waals surface area contributed by atoms with E-state index in [1.54, 1.807) is 25.5 Å². The van der Waals surface area contributed by atoms with Gasteiger partial charge in [0.15, 0.2) is 0 Å². The largest absolute Gasteiger partial charge is 0.367 e. The van der Waals surface area contributed by atoms with Gasteiger partial charge in [0.1, 0.15) is 17.7 Å². The van der Waals surface area contributed by atoms with Gasteiger partial charge >= 0.3 is 0 Å². The third-order valence-corrected chi connectivity index (χ3v) is 3.13. The topological polar surface area (TPSA) is 84.0 Å². The highest BCUT2D eigenvalue weighted by molar-refractivity contribution is 5.36. The summed E-state index contributed by atoms with van der Waals surface area (Å²) in [6.07, 6.45) is 4.75. The summed E-state index contributed by atoms with van der Waals surface area (Å²) in [5.74, 6) is 1.36. The fourth-order valence-corrected chi connectivity index (χ4v) is 2.23. The third kappa shape index (κ3) is 2.67. The molecule has 3 heterocycles. The lowest BCUT2D eigenvalue weighted by Gasteiger charge is -2.32. The molecule has 2 aromatic heterocycles.